The van der Waals surface area contributed by atoms with Crippen molar-refractivity contribution in [2.45, 2.75) is 18.1 Å². The van der Waals surface area contributed by atoms with Gasteiger partial charge in [0.1, 0.15) is 5.75 Å². The second kappa shape index (κ2) is 6.14. The second-order valence-electron chi connectivity index (χ2n) is 6.94. The van der Waals surface area contributed by atoms with Crippen LogP contribution in [-0.2, 0) is 14.8 Å². The monoisotopic (exact) mass is 406 g/mol. The summed E-state index contributed by atoms with van der Waals surface area (Å²) in [4.78, 5) is 13.0. The first-order valence-electron chi connectivity index (χ1n) is 8.53. The van der Waals surface area contributed by atoms with E-state index in [1.165, 1.54) is 4.31 Å². The Morgan fingerprint density at radius 2 is 1.96 bits per heavy atom. The molecule has 1 saturated carbocycles. The normalized spacial score (nSPS) is 25.0. The predicted octanol–water partition coefficient (Wildman–Crippen LogP) is 3.20. The first-order chi connectivity index (χ1) is 12.8. The minimum absolute atomic E-state index is 0.211. The Hall–Kier alpha value is -2.25. The minimum Gasteiger partial charge on any atom is -0.497 e. The van der Waals surface area contributed by atoms with Gasteiger partial charge in [-0.05, 0) is 61.4 Å². The van der Waals surface area contributed by atoms with E-state index >= 15 is 0 Å². The standard InChI is InChI=1S/C19H19ClN2O4S/c1-12-9-16(26-2)7-8-17(12)21-18(23)19-10-13(19)11-22(27(19,24)25)15-5-3-14(20)4-6-15/h3-9,13H,10-11H2,1-2H3,(H,21,23)/t13-,19+/m0/s1. The fraction of sp³-hybridized carbons (Fsp3) is 0.316. The van der Waals surface area contributed by atoms with Crippen LogP contribution in [0.25, 0.3) is 0 Å². The van der Waals surface area contributed by atoms with E-state index in [0.29, 0.717) is 35.1 Å². The highest BCUT2D eigenvalue weighted by molar-refractivity contribution is 7.95. The number of anilines is 2. The molecule has 2 atom stereocenters. The van der Waals surface area contributed by atoms with Gasteiger partial charge in [-0.15, -0.1) is 0 Å². The summed E-state index contributed by atoms with van der Waals surface area (Å²) in [5.41, 5.74) is 1.92. The molecule has 27 heavy (non-hydrogen) atoms. The van der Waals surface area contributed by atoms with E-state index in [9.17, 15) is 13.2 Å². The predicted molar refractivity (Wildman–Crippen MR) is 105 cm³/mol. The van der Waals surface area contributed by atoms with Crippen LogP contribution in [0.15, 0.2) is 42.5 Å². The number of aryl methyl sites for hydroxylation is 1. The number of hydrogen-bond donors (Lipinski definition) is 1. The molecule has 1 saturated heterocycles. The Kier molecular flexibility index (Phi) is 4.12. The van der Waals surface area contributed by atoms with Gasteiger partial charge in [-0.2, -0.15) is 0 Å². The number of amides is 1. The Labute approximate surface area is 163 Å². The quantitative estimate of drug-likeness (QED) is 0.845. The van der Waals surface area contributed by atoms with E-state index in [2.05, 4.69) is 5.32 Å². The number of methoxy groups -OCH3 is 1. The molecule has 142 valence electrons. The van der Waals surface area contributed by atoms with Crippen molar-refractivity contribution in [3.8, 4) is 5.75 Å². The lowest BCUT2D eigenvalue weighted by Gasteiger charge is -2.23. The molecule has 0 bridgehead atoms. The number of hydrogen-bond acceptors (Lipinski definition) is 4. The summed E-state index contributed by atoms with van der Waals surface area (Å²) >= 11 is 5.89. The molecule has 0 aromatic heterocycles. The summed E-state index contributed by atoms with van der Waals surface area (Å²) in [5, 5.41) is 3.33. The molecule has 0 radical (unpaired) electrons. The number of fused-ring (bicyclic) bond motifs is 1. The maximum Gasteiger partial charge on any atom is 0.250 e. The number of ether oxygens (including phenoxy) is 1. The van der Waals surface area contributed by atoms with Gasteiger partial charge in [0.2, 0.25) is 15.9 Å². The van der Waals surface area contributed by atoms with Crippen LogP contribution >= 0.6 is 11.6 Å². The van der Waals surface area contributed by atoms with E-state index in [1.54, 1.807) is 49.6 Å². The summed E-state index contributed by atoms with van der Waals surface area (Å²) in [5.74, 6) is -0.00988. The van der Waals surface area contributed by atoms with E-state index in [0.717, 1.165) is 5.56 Å². The van der Waals surface area contributed by atoms with Gasteiger partial charge >= 0.3 is 0 Å². The molecule has 4 rings (SSSR count). The zero-order valence-electron chi connectivity index (χ0n) is 14.9. The van der Waals surface area contributed by atoms with Gasteiger partial charge in [-0.1, -0.05) is 11.6 Å². The van der Waals surface area contributed by atoms with Gasteiger partial charge < -0.3 is 10.1 Å². The van der Waals surface area contributed by atoms with Crippen molar-refractivity contribution >= 4 is 38.9 Å². The first-order valence-corrected chi connectivity index (χ1v) is 10.4. The number of sulfonamides is 1. The van der Waals surface area contributed by atoms with Crippen LogP contribution in [0.2, 0.25) is 5.02 Å². The van der Waals surface area contributed by atoms with Crippen LogP contribution in [0.3, 0.4) is 0 Å². The van der Waals surface area contributed by atoms with Gasteiger partial charge in [-0.25, -0.2) is 8.42 Å². The average Bonchev–Trinajstić information content (AvgIpc) is 3.33. The largest absolute Gasteiger partial charge is 0.497 e. The molecule has 1 aliphatic carbocycles. The van der Waals surface area contributed by atoms with Gasteiger partial charge in [0.25, 0.3) is 0 Å². The Morgan fingerprint density at radius 3 is 2.59 bits per heavy atom. The summed E-state index contributed by atoms with van der Waals surface area (Å²) in [6, 6.07) is 11.8. The minimum atomic E-state index is -3.81. The van der Waals surface area contributed by atoms with E-state index < -0.39 is 20.7 Å². The Morgan fingerprint density at radius 1 is 1.26 bits per heavy atom. The lowest BCUT2D eigenvalue weighted by Crippen LogP contribution is -2.42. The third-order valence-corrected chi connectivity index (χ3v) is 8.16. The molecule has 1 amide bonds. The summed E-state index contributed by atoms with van der Waals surface area (Å²) in [6.07, 6.45) is 0.348. The SMILES string of the molecule is COc1ccc(NC(=O)[C@@]23C[C@H]2CN(c2ccc(Cl)cc2)S3(=O)=O)c(C)c1. The van der Waals surface area contributed by atoms with Gasteiger partial charge in [-0.3, -0.25) is 9.10 Å². The van der Waals surface area contributed by atoms with Crippen LogP contribution in [0.5, 0.6) is 5.75 Å². The van der Waals surface area contributed by atoms with Crippen molar-refractivity contribution in [3.63, 3.8) is 0 Å². The first kappa shape index (κ1) is 18.1. The summed E-state index contributed by atoms with van der Waals surface area (Å²) < 4.78 is 31.4. The molecule has 2 fully saturated rings. The fourth-order valence-corrected chi connectivity index (χ4v) is 6.20. The highest BCUT2D eigenvalue weighted by Crippen LogP contribution is 2.58. The highest BCUT2D eigenvalue weighted by Gasteiger charge is 2.75. The molecule has 2 aromatic rings. The number of rotatable bonds is 4. The lowest BCUT2D eigenvalue weighted by atomic mass is 10.1. The van der Waals surface area contributed by atoms with Crippen LogP contribution in [0, 0.1) is 12.8 Å². The molecule has 1 aliphatic heterocycles. The number of carbonyl (C=O) groups excluding carboxylic acids is 1. The molecule has 2 aliphatic rings. The number of carbonyl (C=O) groups is 1. The number of nitrogens with zero attached hydrogens (tertiary/aromatic N) is 1. The molecular weight excluding hydrogens is 388 g/mol. The van der Waals surface area contributed by atoms with Crippen LogP contribution in [0.1, 0.15) is 12.0 Å². The van der Waals surface area contributed by atoms with Crippen LogP contribution in [-0.4, -0.2) is 32.7 Å². The third kappa shape index (κ3) is 2.68. The maximum atomic E-state index is 13.2. The lowest BCUT2D eigenvalue weighted by molar-refractivity contribution is -0.116. The number of halogens is 1. The smallest absolute Gasteiger partial charge is 0.250 e. The van der Waals surface area contributed by atoms with E-state index in [4.69, 9.17) is 16.3 Å². The van der Waals surface area contributed by atoms with E-state index in [1.807, 2.05) is 6.92 Å². The fourth-order valence-electron chi connectivity index (χ4n) is 3.71. The molecule has 8 heteroatoms. The molecule has 0 unspecified atom stereocenters. The molecule has 6 nitrogen and oxygen atoms in total. The molecular formula is C19H19ClN2O4S. The van der Waals surface area contributed by atoms with Crippen molar-refractivity contribution < 1.29 is 17.9 Å². The van der Waals surface area contributed by atoms with Gasteiger partial charge in [0.15, 0.2) is 4.75 Å². The maximum absolute atomic E-state index is 13.2. The van der Waals surface area contributed by atoms with Crippen molar-refractivity contribution in [2.24, 2.45) is 5.92 Å². The highest BCUT2D eigenvalue weighted by atomic mass is 35.5. The second-order valence-corrected chi connectivity index (χ2v) is 9.49. The Bertz CT molecular complexity index is 1020. The van der Waals surface area contributed by atoms with Crippen LogP contribution < -0.4 is 14.4 Å². The van der Waals surface area contributed by atoms with Gasteiger partial charge in [0, 0.05) is 23.2 Å². The van der Waals surface area contributed by atoms with Gasteiger partial charge in [0.05, 0.1) is 12.8 Å². The van der Waals surface area contributed by atoms with Crippen molar-refractivity contribution in [1.82, 2.24) is 0 Å². The summed E-state index contributed by atoms with van der Waals surface area (Å²) in [6.45, 7) is 2.14. The molecule has 0 spiro atoms. The number of nitrogens with one attached hydrogen (secondary N) is 1. The van der Waals surface area contributed by atoms with E-state index in [-0.39, 0.29) is 5.92 Å². The summed E-state index contributed by atoms with van der Waals surface area (Å²) in [7, 11) is -2.24. The van der Waals surface area contributed by atoms with Crippen molar-refractivity contribution in [2.75, 3.05) is 23.3 Å². The van der Waals surface area contributed by atoms with Crippen molar-refractivity contribution in [1.29, 1.82) is 0 Å². The zero-order valence-corrected chi connectivity index (χ0v) is 16.5. The number of benzene rings is 2. The molecule has 1 N–H and O–H groups in total. The third-order valence-electron chi connectivity index (χ3n) is 5.37. The van der Waals surface area contributed by atoms with Crippen LogP contribution in [0.4, 0.5) is 11.4 Å². The average molecular weight is 407 g/mol. The Balaban J connectivity index is 1.61. The molecule has 2 aromatic carbocycles. The van der Waals surface area contributed by atoms with Crippen molar-refractivity contribution in [3.05, 3.63) is 53.1 Å². The topological polar surface area (TPSA) is 75.7 Å². The molecule has 1 heterocycles. The zero-order chi connectivity index (χ0) is 19.4.